The molecule has 1 aliphatic heterocycles. The van der Waals surface area contributed by atoms with Crippen LogP contribution in [0.25, 0.3) is 0 Å². The molecule has 1 aromatic heterocycles. The standard InChI is InChI=1S/C9H14BrN3/c1-6-9(10)7(2)13(12-6)8-3-4-11-5-8/h8,11H,3-5H2,1-2H3. The molecule has 0 aromatic carbocycles. The molecule has 1 N–H and O–H groups in total. The summed E-state index contributed by atoms with van der Waals surface area (Å²) in [5, 5.41) is 7.87. The molecule has 13 heavy (non-hydrogen) atoms. The van der Waals surface area contributed by atoms with Gasteiger partial charge in [-0.15, -0.1) is 0 Å². The third kappa shape index (κ3) is 1.53. The summed E-state index contributed by atoms with van der Waals surface area (Å²) < 4.78 is 3.29. The molecule has 2 rings (SSSR count). The minimum Gasteiger partial charge on any atom is -0.315 e. The van der Waals surface area contributed by atoms with Crippen molar-refractivity contribution >= 4 is 15.9 Å². The molecular formula is C9H14BrN3. The van der Waals surface area contributed by atoms with E-state index in [1.54, 1.807) is 0 Å². The Morgan fingerprint density at radius 2 is 2.31 bits per heavy atom. The average Bonchev–Trinajstić information content (AvgIpc) is 2.70. The Hall–Kier alpha value is -0.350. The molecule has 0 amide bonds. The van der Waals surface area contributed by atoms with Gasteiger partial charge in [0.25, 0.3) is 0 Å². The van der Waals surface area contributed by atoms with E-state index >= 15 is 0 Å². The summed E-state index contributed by atoms with van der Waals surface area (Å²) in [6, 6.07) is 0.546. The van der Waals surface area contributed by atoms with Crippen molar-refractivity contribution in [2.75, 3.05) is 13.1 Å². The van der Waals surface area contributed by atoms with Gasteiger partial charge in [-0.1, -0.05) is 0 Å². The van der Waals surface area contributed by atoms with E-state index in [1.807, 2.05) is 6.92 Å². The van der Waals surface area contributed by atoms with Gasteiger partial charge in [0.05, 0.1) is 21.9 Å². The second-order valence-corrected chi connectivity index (χ2v) is 4.37. The van der Waals surface area contributed by atoms with Gasteiger partial charge in [-0.2, -0.15) is 5.10 Å². The summed E-state index contributed by atoms with van der Waals surface area (Å²) in [5.41, 5.74) is 2.33. The Bertz CT molecular complexity index is 313. The maximum absolute atomic E-state index is 4.52. The normalized spacial score (nSPS) is 22.5. The monoisotopic (exact) mass is 243 g/mol. The smallest absolute Gasteiger partial charge is 0.0738 e. The van der Waals surface area contributed by atoms with Gasteiger partial charge in [-0.3, -0.25) is 4.68 Å². The molecule has 0 spiro atoms. The molecule has 1 fully saturated rings. The van der Waals surface area contributed by atoms with Crippen LogP contribution in [0.5, 0.6) is 0 Å². The lowest BCUT2D eigenvalue weighted by Gasteiger charge is -2.10. The Morgan fingerprint density at radius 3 is 2.77 bits per heavy atom. The minimum atomic E-state index is 0.546. The zero-order chi connectivity index (χ0) is 9.42. The van der Waals surface area contributed by atoms with Gasteiger partial charge in [-0.05, 0) is 42.7 Å². The summed E-state index contributed by atoms with van der Waals surface area (Å²) >= 11 is 3.54. The summed E-state index contributed by atoms with van der Waals surface area (Å²) in [4.78, 5) is 0. The van der Waals surface area contributed by atoms with Crippen LogP contribution >= 0.6 is 15.9 Å². The van der Waals surface area contributed by atoms with Crippen LogP contribution in [0.4, 0.5) is 0 Å². The lowest BCUT2D eigenvalue weighted by molar-refractivity contribution is 0.477. The summed E-state index contributed by atoms with van der Waals surface area (Å²) in [5.74, 6) is 0. The molecule has 3 nitrogen and oxygen atoms in total. The van der Waals surface area contributed by atoms with Gasteiger partial charge >= 0.3 is 0 Å². The van der Waals surface area contributed by atoms with Crippen LogP contribution in [0.15, 0.2) is 4.47 Å². The minimum absolute atomic E-state index is 0.546. The maximum atomic E-state index is 4.52. The molecule has 1 saturated heterocycles. The molecule has 2 heterocycles. The zero-order valence-electron chi connectivity index (χ0n) is 7.97. The summed E-state index contributed by atoms with van der Waals surface area (Å²) in [7, 11) is 0. The molecule has 72 valence electrons. The Morgan fingerprint density at radius 1 is 1.54 bits per heavy atom. The summed E-state index contributed by atoms with van der Waals surface area (Å²) in [6.45, 7) is 6.31. The van der Waals surface area contributed by atoms with Crippen molar-refractivity contribution in [3.8, 4) is 0 Å². The van der Waals surface area contributed by atoms with E-state index in [2.05, 4.69) is 38.0 Å². The van der Waals surface area contributed by atoms with Crippen LogP contribution < -0.4 is 5.32 Å². The van der Waals surface area contributed by atoms with Crippen LogP contribution in [-0.2, 0) is 0 Å². The molecule has 1 aliphatic rings. The van der Waals surface area contributed by atoms with Crippen molar-refractivity contribution in [2.24, 2.45) is 0 Å². The van der Waals surface area contributed by atoms with E-state index in [4.69, 9.17) is 0 Å². The molecule has 0 saturated carbocycles. The Balaban J connectivity index is 2.34. The number of hydrogen-bond donors (Lipinski definition) is 1. The van der Waals surface area contributed by atoms with Crippen molar-refractivity contribution < 1.29 is 0 Å². The number of nitrogens with one attached hydrogen (secondary N) is 1. The number of aryl methyl sites for hydroxylation is 1. The van der Waals surface area contributed by atoms with E-state index < -0.39 is 0 Å². The van der Waals surface area contributed by atoms with Crippen molar-refractivity contribution in [1.82, 2.24) is 15.1 Å². The molecule has 1 unspecified atom stereocenters. The first kappa shape index (κ1) is 9.21. The van der Waals surface area contributed by atoms with Crippen LogP contribution in [0.3, 0.4) is 0 Å². The fourth-order valence-corrected chi connectivity index (χ4v) is 2.11. The average molecular weight is 244 g/mol. The quantitative estimate of drug-likeness (QED) is 0.816. The first-order chi connectivity index (χ1) is 6.20. The number of aromatic nitrogens is 2. The number of rotatable bonds is 1. The second kappa shape index (κ2) is 3.42. The number of hydrogen-bond acceptors (Lipinski definition) is 2. The van der Waals surface area contributed by atoms with Crippen molar-refractivity contribution in [1.29, 1.82) is 0 Å². The van der Waals surface area contributed by atoms with Gasteiger partial charge in [0.1, 0.15) is 0 Å². The van der Waals surface area contributed by atoms with Gasteiger partial charge in [0.15, 0.2) is 0 Å². The molecule has 0 bridgehead atoms. The molecule has 0 radical (unpaired) electrons. The Labute approximate surface area is 86.6 Å². The highest BCUT2D eigenvalue weighted by Crippen LogP contribution is 2.25. The van der Waals surface area contributed by atoms with Crippen molar-refractivity contribution in [3.05, 3.63) is 15.9 Å². The third-order valence-corrected chi connectivity index (χ3v) is 3.76. The fourth-order valence-electron chi connectivity index (χ4n) is 1.85. The van der Waals surface area contributed by atoms with Crippen LogP contribution in [0.1, 0.15) is 23.9 Å². The predicted octanol–water partition coefficient (Wildman–Crippen LogP) is 1.80. The first-order valence-corrected chi connectivity index (χ1v) is 5.41. The zero-order valence-corrected chi connectivity index (χ0v) is 9.56. The third-order valence-electron chi connectivity index (χ3n) is 2.62. The molecule has 1 atom stereocenters. The van der Waals surface area contributed by atoms with E-state index in [1.165, 1.54) is 12.1 Å². The van der Waals surface area contributed by atoms with E-state index in [0.717, 1.165) is 23.3 Å². The first-order valence-electron chi connectivity index (χ1n) is 4.62. The second-order valence-electron chi connectivity index (χ2n) is 3.58. The van der Waals surface area contributed by atoms with Gasteiger partial charge in [0, 0.05) is 6.54 Å². The van der Waals surface area contributed by atoms with E-state index in [0.29, 0.717) is 6.04 Å². The highest BCUT2D eigenvalue weighted by molar-refractivity contribution is 9.10. The summed E-state index contributed by atoms with van der Waals surface area (Å²) in [6.07, 6.45) is 1.19. The van der Waals surface area contributed by atoms with Crippen LogP contribution in [0.2, 0.25) is 0 Å². The van der Waals surface area contributed by atoms with Crippen molar-refractivity contribution in [3.63, 3.8) is 0 Å². The molecule has 1 aromatic rings. The van der Waals surface area contributed by atoms with Crippen LogP contribution in [-0.4, -0.2) is 22.9 Å². The SMILES string of the molecule is Cc1nn(C2CCNC2)c(C)c1Br. The van der Waals surface area contributed by atoms with E-state index in [9.17, 15) is 0 Å². The number of halogens is 1. The Kier molecular flexibility index (Phi) is 2.43. The molecule has 0 aliphatic carbocycles. The van der Waals surface area contributed by atoms with Gasteiger partial charge in [-0.25, -0.2) is 0 Å². The lowest BCUT2D eigenvalue weighted by Crippen LogP contribution is -2.15. The highest BCUT2D eigenvalue weighted by atomic mass is 79.9. The maximum Gasteiger partial charge on any atom is 0.0738 e. The van der Waals surface area contributed by atoms with Gasteiger partial charge in [0.2, 0.25) is 0 Å². The van der Waals surface area contributed by atoms with E-state index in [-0.39, 0.29) is 0 Å². The van der Waals surface area contributed by atoms with Gasteiger partial charge < -0.3 is 5.32 Å². The molecular weight excluding hydrogens is 230 g/mol. The predicted molar refractivity (Wildman–Crippen MR) is 55.9 cm³/mol. The van der Waals surface area contributed by atoms with Crippen LogP contribution in [0, 0.1) is 13.8 Å². The highest BCUT2D eigenvalue weighted by Gasteiger charge is 2.20. The number of nitrogens with zero attached hydrogens (tertiary/aromatic N) is 2. The lowest BCUT2D eigenvalue weighted by atomic mass is 10.2. The van der Waals surface area contributed by atoms with Crippen molar-refractivity contribution in [2.45, 2.75) is 26.3 Å². The molecule has 4 heteroatoms. The largest absolute Gasteiger partial charge is 0.315 e. The topological polar surface area (TPSA) is 29.9 Å². The fraction of sp³-hybridized carbons (Fsp3) is 0.667.